The quantitative estimate of drug-likeness (QED) is 0.629. The number of aliphatic hydroxyl groups excluding tert-OH is 1. The summed E-state index contributed by atoms with van der Waals surface area (Å²) in [5, 5.41) is 8.95. The first-order valence-electron chi connectivity index (χ1n) is 3.40. The summed E-state index contributed by atoms with van der Waals surface area (Å²) >= 11 is 0. The highest BCUT2D eigenvalue weighted by Gasteiger charge is 2.06. The van der Waals surface area contributed by atoms with Crippen molar-refractivity contribution in [2.75, 3.05) is 0 Å². The van der Waals surface area contributed by atoms with Gasteiger partial charge in [-0.05, 0) is 5.56 Å². The van der Waals surface area contributed by atoms with Crippen LogP contribution in [0.4, 0.5) is 0 Å². The van der Waals surface area contributed by atoms with Crippen molar-refractivity contribution in [1.82, 2.24) is 0 Å². The molecular weight excluding hydrogens is 138 g/mol. The van der Waals surface area contributed by atoms with Crippen molar-refractivity contribution >= 4 is 0 Å². The lowest BCUT2D eigenvalue weighted by molar-refractivity contribution is 0.373. The third-order valence-corrected chi connectivity index (χ3v) is 1.52. The fourth-order valence-corrected chi connectivity index (χ4v) is 0.853. The van der Waals surface area contributed by atoms with Crippen molar-refractivity contribution in [3.05, 3.63) is 48.2 Å². The highest BCUT2D eigenvalue weighted by Crippen LogP contribution is 2.13. The minimum Gasteiger partial charge on any atom is -0.511 e. The van der Waals surface area contributed by atoms with E-state index in [1.54, 1.807) is 0 Å². The average molecular weight is 149 g/mol. The Morgan fingerprint density at radius 2 is 1.91 bits per heavy atom. The van der Waals surface area contributed by atoms with Crippen LogP contribution in [-0.4, -0.2) is 5.11 Å². The highest BCUT2D eigenvalue weighted by molar-refractivity contribution is 5.23. The molecule has 0 aliphatic heterocycles. The Morgan fingerprint density at radius 3 is 2.36 bits per heavy atom. The Balaban J connectivity index is 2.85. The molecule has 2 nitrogen and oxygen atoms in total. The zero-order chi connectivity index (χ0) is 8.27. The topological polar surface area (TPSA) is 46.2 Å². The van der Waals surface area contributed by atoms with Crippen molar-refractivity contribution in [3.63, 3.8) is 0 Å². The van der Waals surface area contributed by atoms with Crippen molar-refractivity contribution in [2.24, 2.45) is 5.73 Å². The third-order valence-electron chi connectivity index (χ3n) is 1.52. The summed E-state index contributed by atoms with van der Waals surface area (Å²) in [4.78, 5) is 0. The van der Waals surface area contributed by atoms with Crippen LogP contribution in [0.5, 0.6) is 0 Å². The molecule has 1 rings (SSSR count). The van der Waals surface area contributed by atoms with Gasteiger partial charge in [-0.3, -0.25) is 0 Å². The van der Waals surface area contributed by atoms with Crippen LogP contribution in [0.2, 0.25) is 0 Å². The molecule has 0 bridgehead atoms. The zero-order valence-electron chi connectivity index (χ0n) is 6.20. The first-order valence-corrected chi connectivity index (χ1v) is 3.40. The van der Waals surface area contributed by atoms with Gasteiger partial charge in [-0.15, -0.1) is 0 Å². The van der Waals surface area contributed by atoms with Crippen LogP contribution in [-0.2, 0) is 0 Å². The smallest absolute Gasteiger partial charge is 0.106 e. The van der Waals surface area contributed by atoms with E-state index in [2.05, 4.69) is 6.58 Å². The number of hydrogen-bond donors (Lipinski definition) is 2. The molecule has 2 heteroatoms. The molecule has 0 aromatic heterocycles. The minimum atomic E-state index is -0.462. The van der Waals surface area contributed by atoms with Crippen LogP contribution in [0.25, 0.3) is 0 Å². The van der Waals surface area contributed by atoms with Crippen LogP contribution >= 0.6 is 0 Å². The van der Waals surface area contributed by atoms with E-state index in [0.29, 0.717) is 0 Å². The van der Waals surface area contributed by atoms with Gasteiger partial charge in [-0.1, -0.05) is 36.9 Å². The van der Waals surface area contributed by atoms with Gasteiger partial charge in [0.2, 0.25) is 0 Å². The molecule has 0 heterocycles. The van der Waals surface area contributed by atoms with Crippen LogP contribution in [0.1, 0.15) is 11.6 Å². The van der Waals surface area contributed by atoms with Crippen LogP contribution in [0.3, 0.4) is 0 Å². The molecule has 0 aliphatic rings. The molecule has 58 valence electrons. The first-order chi connectivity index (χ1) is 5.22. The standard InChI is InChI=1S/C9H11NO/c1-7(11)9(10)8-5-3-2-4-6-8/h2-6,9,11H,1,10H2/t9-/m1/s1. The van der Waals surface area contributed by atoms with Crippen LogP contribution in [0.15, 0.2) is 42.7 Å². The van der Waals surface area contributed by atoms with Crippen molar-refractivity contribution in [3.8, 4) is 0 Å². The Morgan fingerprint density at radius 1 is 1.36 bits per heavy atom. The SMILES string of the molecule is C=C(O)[C@@H](N)c1ccccc1. The summed E-state index contributed by atoms with van der Waals surface area (Å²) in [5.41, 5.74) is 6.46. The second-order valence-electron chi connectivity index (χ2n) is 2.38. The molecule has 0 spiro atoms. The summed E-state index contributed by atoms with van der Waals surface area (Å²) in [5.74, 6) is -0.00352. The van der Waals surface area contributed by atoms with E-state index in [4.69, 9.17) is 10.8 Å². The molecule has 0 saturated heterocycles. The maximum absolute atomic E-state index is 8.95. The van der Waals surface area contributed by atoms with E-state index >= 15 is 0 Å². The molecule has 11 heavy (non-hydrogen) atoms. The van der Waals surface area contributed by atoms with E-state index < -0.39 is 6.04 Å². The molecule has 0 radical (unpaired) electrons. The van der Waals surface area contributed by atoms with Gasteiger partial charge in [-0.25, -0.2) is 0 Å². The zero-order valence-corrected chi connectivity index (χ0v) is 6.20. The number of benzene rings is 1. The van der Waals surface area contributed by atoms with Gasteiger partial charge >= 0.3 is 0 Å². The molecule has 0 saturated carbocycles. The van der Waals surface area contributed by atoms with Crippen molar-refractivity contribution in [2.45, 2.75) is 6.04 Å². The van der Waals surface area contributed by atoms with Gasteiger partial charge in [0.1, 0.15) is 5.76 Å². The summed E-state index contributed by atoms with van der Waals surface area (Å²) < 4.78 is 0. The molecule has 0 fully saturated rings. The first kappa shape index (κ1) is 7.82. The molecule has 1 aromatic rings. The Hall–Kier alpha value is -1.28. The number of rotatable bonds is 2. The molecule has 3 N–H and O–H groups in total. The predicted molar refractivity (Wildman–Crippen MR) is 45.1 cm³/mol. The van der Waals surface area contributed by atoms with E-state index in [1.807, 2.05) is 30.3 Å². The Kier molecular flexibility index (Phi) is 2.28. The number of aliphatic hydroxyl groups is 1. The lowest BCUT2D eigenvalue weighted by Crippen LogP contribution is -2.11. The second kappa shape index (κ2) is 3.21. The Bertz CT molecular complexity index is 243. The van der Waals surface area contributed by atoms with E-state index in [0.717, 1.165) is 5.56 Å². The summed E-state index contributed by atoms with van der Waals surface area (Å²) in [6, 6.07) is 8.89. The molecule has 1 aromatic carbocycles. The summed E-state index contributed by atoms with van der Waals surface area (Å²) in [6.07, 6.45) is 0. The number of nitrogens with two attached hydrogens (primary N) is 1. The maximum atomic E-state index is 8.95. The van der Waals surface area contributed by atoms with Crippen LogP contribution < -0.4 is 5.73 Å². The molecule has 0 aliphatic carbocycles. The molecule has 0 amide bonds. The fourth-order valence-electron chi connectivity index (χ4n) is 0.853. The summed E-state index contributed by atoms with van der Waals surface area (Å²) in [6.45, 7) is 3.36. The monoisotopic (exact) mass is 149 g/mol. The van der Waals surface area contributed by atoms with Gasteiger partial charge < -0.3 is 10.8 Å². The fraction of sp³-hybridized carbons (Fsp3) is 0.111. The normalized spacial score (nSPS) is 12.5. The van der Waals surface area contributed by atoms with Crippen LogP contribution in [0, 0.1) is 0 Å². The van der Waals surface area contributed by atoms with E-state index in [-0.39, 0.29) is 5.76 Å². The predicted octanol–water partition coefficient (Wildman–Crippen LogP) is 1.76. The second-order valence-corrected chi connectivity index (χ2v) is 2.38. The maximum Gasteiger partial charge on any atom is 0.106 e. The number of hydrogen-bond acceptors (Lipinski definition) is 2. The molecular formula is C9H11NO. The van der Waals surface area contributed by atoms with Gasteiger partial charge in [0.15, 0.2) is 0 Å². The summed E-state index contributed by atoms with van der Waals surface area (Å²) in [7, 11) is 0. The largest absolute Gasteiger partial charge is 0.511 e. The molecule has 0 unspecified atom stereocenters. The van der Waals surface area contributed by atoms with Crippen molar-refractivity contribution < 1.29 is 5.11 Å². The van der Waals surface area contributed by atoms with Crippen molar-refractivity contribution in [1.29, 1.82) is 0 Å². The lowest BCUT2D eigenvalue weighted by Gasteiger charge is -2.08. The van der Waals surface area contributed by atoms with Gasteiger partial charge in [-0.2, -0.15) is 0 Å². The Labute approximate surface area is 66.0 Å². The van der Waals surface area contributed by atoms with Gasteiger partial charge in [0.05, 0.1) is 6.04 Å². The minimum absolute atomic E-state index is 0.00352. The van der Waals surface area contributed by atoms with Gasteiger partial charge in [0.25, 0.3) is 0 Å². The van der Waals surface area contributed by atoms with E-state index in [9.17, 15) is 0 Å². The third kappa shape index (κ3) is 1.82. The average Bonchev–Trinajstić information content (AvgIpc) is 2.05. The van der Waals surface area contributed by atoms with E-state index in [1.165, 1.54) is 0 Å². The molecule has 1 atom stereocenters. The lowest BCUT2D eigenvalue weighted by atomic mass is 10.1. The van der Waals surface area contributed by atoms with Gasteiger partial charge in [0, 0.05) is 0 Å². The highest BCUT2D eigenvalue weighted by atomic mass is 16.3.